The summed E-state index contributed by atoms with van der Waals surface area (Å²) in [5.41, 5.74) is 1.29. The van der Waals surface area contributed by atoms with Gasteiger partial charge in [0.25, 0.3) is 0 Å². The third-order valence-electron chi connectivity index (χ3n) is 4.12. The normalized spacial score (nSPS) is 17.0. The molecule has 1 atom stereocenters. The van der Waals surface area contributed by atoms with Gasteiger partial charge in [-0.2, -0.15) is 0 Å². The lowest BCUT2D eigenvalue weighted by atomic mass is 10.1. The minimum Gasteiger partial charge on any atom is -0.352 e. The number of nitrogens with zero attached hydrogens (tertiary/aromatic N) is 1. The molecule has 2 amide bonds. The first-order valence-corrected chi connectivity index (χ1v) is 8.48. The summed E-state index contributed by atoms with van der Waals surface area (Å²) >= 11 is 11.8. The van der Waals surface area contributed by atoms with Crippen LogP contribution in [0.5, 0.6) is 0 Å². The molecule has 1 aliphatic rings. The highest BCUT2D eigenvalue weighted by molar-refractivity contribution is 6.31. The molecule has 1 fully saturated rings. The van der Waals surface area contributed by atoms with E-state index in [1.54, 1.807) is 6.07 Å². The fourth-order valence-corrected chi connectivity index (χ4v) is 3.13. The molecular weight excluding hydrogens is 366 g/mol. The number of carbonyl (C=O) groups excluding carboxylic acids is 2. The van der Waals surface area contributed by atoms with Gasteiger partial charge in [0.2, 0.25) is 11.8 Å². The molecule has 1 saturated heterocycles. The Kier molecular flexibility index (Phi) is 5.25. The largest absolute Gasteiger partial charge is 0.352 e. The van der Waals surface area contributed by atoms with Crippen molar-refractivity contribution in [1.82, 2.24) is 5.32 Å². The van der Waals surface area contributed by atoms with Crippen LogP contribution in [0.3, 0.4) is 0 Å². The predicted molar refractivity (Wildman–Crippen MR) is 95.2 cm³/mol. The van der Waals surface area contributed by atoms with Crippen molar-refractivity contribution < 1.29 is 14.0 Å². The summed E-state index contributed by atoms with van der Waals surface area (Å²) in [6.07, 6.45) is 0.101. The molecule has 7 heteroatoms. The molecule has 3 rings (SSSR count). The zero-order valence-electron chi connectivity index (χ0n) is 13.1. The Hall–Kier alpha value is -2.11. The Labute approximate surface area is 154 Å². The molecule has 1 heterocycles. The van der Waals surface area contributed by atoms with E-state index in [9.17, 15) is 14.0 Å². The van der Waals surface area contributed by atoms with Crippen molar-refractivity contribution in [3.8, 4) is 0 Å². The van der Waals surface area contributed by atoms with E-state index in [1.807, 2.05) is 18.2 Å². The van der Waals surface area contributed by atoms with Crippen LogP contribution in [0.15, 0.2) is 42.5 Å². The Morgan fingerprint density at radius 2 is 1.96 bits per heavy atom. The maximum Gasteiger partial charge on any atom is 0.227 e. The molecule has 0 unspecified atom stereocenters. The molecule has 2 aromatic rings. The second kappa shape index (κ2) is 7.42. The highest BCUT2D eigenvalue weighted by Gasteiger charge is 2.35. The van der Waals surface area contributed by atoms with Crippen LogP contribution in [-0.2, 0) is 16.1 Å². The van der Waals surface area contributed by atoms with Gasteiger partial charge in [-0.05, 0) is 29.8 Å². The Balaban J connectivity index is 1.64. The van der Waals surface area contributed by atoms with Crippen molar-refractivity contribution in [2.75, 3.05) is 11.4 Å². The van der Waals surface area contributed by atoms with E-state index < -0.39 is 11.7 Å². The molecule has 1 aliphatic heterocycles. The first-order chi connectivity index (χ1) is 12.0. The van der Waals surface area contributed by atoms with Crippen molar-refractivity contribution in [2.24, 2.45) is 5.92 Å². The number of rotatable bonds is 4. The van der Waals surface area contributed by atoms with Gasteiger partial charge in [0, 0.05) is 30.2 Å². The lowest BCUT2D eigenvalue weighted by Gasteiger charge is -2.17. The monoisotopic (exact) mass is 380 g/mol. The second-order valence-electron chi connectivity index (χ2n) is 5.81. The van der Waals surface area contributed by atoms with Crippen molar-refractivity contribution in [3.63, 3.8) is 0 Å². The fraction of sp³-hybridized carbons (Fsp3) is 0.222. The Morgan fingerprint density at radius 3 is 2.68 bits per heavy atom. The minimum absolute atomic E-state index is 0.0584. The number of benzene rings is 2. The SMILES string of the molecule is O=C(NCc1ccccc1Cl)[C@H]1CC(=O)N(c2ccc(F)c(Cl)c2)C1. The second-order valence-corrected chi connectivity index (χ2v) is 6.63. The number of hydrogen-bond donors (Lipinski definition) is 1. The summed E-state index contributed by atoms with van der Waals surface area (Å²) in [7, 11) is 0. The molecule has 130 valence electrons. The molecule has 0 aliphatic carbocycles. The van der Waals surface area contributed by atoms with Crippen LogP contribution in [0.4, 0.5) is 10.1 Å². The van der Waals surface area contributed by atoms with E-state index in [2.05, 4.69) is 5.32 Å². The molecule has 1 N–H and O–H groups in total. The van der Waals surface area contributed by atoms with Gasteiger partial charge in [0.05, 0.1) is 10.9 Å². The lowest BCUT2D eigenvalue weighted by Crippen LogP contribution is -2.32. The van der Waals surface area contributed by atoms with Crippen molar-refractivity contribution in [3.05, 3.63) is 63.9 Å². The van der Waals surface area contributed by atoms with Crippen LogP contribution in [0.1, 0.15) is 12.0 Å². The summed E-state index contributed by atoms with van der Waals surface area (Å²) in [5, 5.41) is 3.32. The standard InChI is InChI=1S/C18H15Cl2FN2O2/c19-14-4-2-1-3-11(14)9-22-18(25)12-7-17(24)23(10-12)13-5-6-16(21)15(20)8-13/h1-6,8,12H,7,9-10H2,(H,22,25)/t12-/m0/s1. The van der Waals surface area contributed by atoms with E-state index in [1.165, 1.54) is 23.1 Å². The lowest BCUT2D eigenvalue weighted by molar-refractivity contribution is -0.126. The zero-order valence-corrected chi connectivity index (χ0v) is 14.6. The van der Waals surface area contributed by atoms with Gasteiger partial charge in [-0.3, -0.25) is 9.59 Å². The summed E-state index contributed by atoms with van der Waals surface area (Å²) in [5.74, 6) is -1.44. The summed E-state index contributed by atoms with van der Waals surface area (Å²) in [6, 6.07) is 11.3. The highest BCUT2D eigenvalue weighted by atomic mass is 35.5. The Morgan fingerprint density at radius 1 is 1.20 bits per heavy atom. The van der Waals surface area contributed by atoms with Crippen LogP contribution in [-0.4, -0.2) is 18.4 Å². The average molecular weight is 381 g/mol. The minimum atomic E-state index is -0.550. The van der Waals surface area contributed by atoms with Crippen LogP contribution in [0.25, 0.3) is 0 Å². The van der Waals surface area contributed by atoms with Gasteiger partial charge in [-0.1, -0.05) is 41.4 Å². The average Bonchev–Trinajstić information content (AvgIpc) is 2.98. The van der Waals surface area contributed by atoms with Gasteiger partial charge < -0.3 is 10.2 Å². The molecule has 0 aromatic heterocycles. The molecule has 0 radical (unpaired) electrons. The van der Waals surface area contributed by atoms with E-state index in [0.29, 0.717) is 17.3 Å². The molecular formula is C18H15Cl2FN2O2. The molecule has 25 heavy (non-hydrogen) atoms. The maximum atomic E-state index is 13.3. The van der Waals surface area contributed by atoms with E-state index >= 15 is 0 Å². The van der Waals surface area contributed by atoms with E-state index in [4.69, 9.17) is 23.2 Å². The van der Waals surface area contributed by atoms with Crippen LogP contribution < -0.4 is 10.2 Å². The van der Waals surface area contributed by atoms with E-state index in [0.717, 1.165) is 5.56 Å². The van der Waals surface area contributed by atoms with Gasteiger partial charge in [-0.15, -0.1) is 0 Å². The smallest absolute Gasteiger partial charge is 0.227 e. The fourth-order valence-electron chi connectivity index (χ4n) is 2.75. The first kappa shape index (κ1) is 17.7. The quantitative estimate of drug-likeness (QED) is 0.876. The van der Waals surface area contributed by atoms with Gasteiger partial charge >= 0.3 is 0 Å². The van der Waals surface area contributed by atoms with Crippen LogP contribution in [0.2, 0.25) is 10.0 Å². The van der Waals surface area contributed by atoms with Gasteiger partial charge in [0.15, 0.2) is 0 Å². The zero-order chi connectivity index (χ0) is 18.0. The number of anilines is 1. The molecule has 2 aromatic carbocycles. The maximum absolute atomic E-state index is 13.3. The summed E-state index contributed by atoms with van der Waals surface area (Å²) < 4.78 is 13.3. The predicted octanol–water partition coefficient (Wildman–Crippen LogP) is 3.80. The topological polar surface area (TPSA) is 49.4 Å². The molecule has 0 saturated carbocycles. The van der Waals surface area contributed by atoms with Crippen molar-refractivity contribution in [1.29, 1.82) is 0 Å². The Bertz CT molecular complexity index is 828. The first-order valence-electron chi connectivity index (χ1n) is 7.72. The summed E-state index contributed by atoms with van der Waals surface area (Å²) in [4.78, 5) is 26.0. The number of amides is 2. The molecule has 0 spiro atoms. The number of nitrogens with one attached hydrogen (secondary N) is 1. The number of hydrogen-bond acceptors (Lipinski definition) is 2. The van der Waals surface area contributed by atoms with Crippen molar-refractivity contribution in [2.45, 2.75) is 13.0 Å². The third-order valence-corrected chi connectivity index (χ3v) is 4.78. The van der Waals surface area contributed by atoms with Gasteiger partial charge in [-0.25, -0.2) is 4.39 Å². The number of halogens is 3. The molecule has 4 nitrogen and oxygen atoms in total. The third kappa shape index (κ3) is 3.94. The van der Waals surface area contributed by atoms with Crippen molar-refractivity contribution >= 4 is 40.7 Å². The van der Waals surface area contributed by atoms with Gasteiger partial charge in [0.1, 0.15) is 5.82 Å². The summed E-state index contributed by atoms with van der Waals surface area (Å²) in [6.45, 7) is 0.528. The van der Waals surface area contributed by atoms with Crippen LogP contribution >= 0.6 is 23.2 Å². The van der Waals surface area contributed by atoms with E-state index in [-0.39, 0.29) is 29.8 Å². The number of carbonyl (C=O) groups is 2. The highest BCUT2D eigenvalue weighted by Crippen LogP contribution is 2.28. The van der Waals surface area contributed by atoms with Crippen LogP contribution in [0, 0.1) is 11.7 Å². The molecule has 0 bridgehead atoms.